The molecule has 4 nitrogen and oxygen atoms in total. The largest absolute Gasteiger partial charge is 0.383 e. The van der Waals surface area contributed by atoms with Crippen LogP contribution in [0.3, 0.4) is 0 Å². The second kappa shape index (κ2) is 3.21. The van der Waals surface area contributed by atoms with Gasteiger partial charge in [0, 0.05) is 6.92 Å². The highest BCUT2D eigenvalue weighted by atomic mass is 16.1. The number of rotatable bonds is 1. The van der Waals surface area contributed by atoms with Crippen molar-refractivity contribution >= 4 is 17.4 Å². The molecule has 1 aromatic heterocycles. The summed E-state index contributed by atoms with van der Waals surface area (Å²) >= 11 is 0. The summed E-state index contributed by atoms with van der Waals surface area (Å²) in [4.78, 5) is 14.5. The fourth-order valence-corrected chi connectivity index (χ4v) is 0.857. The number of nitrogen functional groups attached to an aromatic ring is 1. The average Bonchev–Trinajstić information content (AvgIpc) is 1.96. The third-order valence-corrected chi connectivity index (χ3v) is 1.44. The molecule has 4 heteroatoms. The first-order valence-corrected chi connectivity index (χ1v) is 3.59. The van der Waals surface area contributed by atoms with Gasteiger partial charge in [0.1, 0.15) is 5.82 Å². The van der Waals surface area contributed by atoms with Crippen LogP contribution in [0.4, 0.5) is 11.5 Å². The highest BCUT2D eigenvalue weighted by Gasteiger charge is 1.98. The molecule has 1 aromatic rings. The first kappa shape index (κ1) is 8.52. The zero-order valence-electron chi connectivity index (χ0n) is 7.09. The number of aromatic nitrogens is 1. The zero-order valence-corrected chi connectivity index (χ0v) is 7.09. The topological polar surface area (TPSA) is 68.0 Å². The number of hydrogen-bond acceptors (Lipinski definition) is 3. The van der Waals surface area contributed by atoms with E-state index in [9.17, 15) is 4.79 Å². The number of nitrogens with one attached hydrogen (secondary N) is 1. The first-order chi connectivity index (χ1) is 5.59. The maximum atomic E-state index is 10.6. The second-order valence-electron chi connectivity index (χ2n) is 2.61. The van der Waals surface area contributed by atoms with Gasteiger partial charge in [0.2, 0.25) is 5.91 Å². The predicted octanol–water partition coefficient (Wildman–Crippen LogP) is 0.931. The molecule has 1 heterocycles. The highest BCUT2D eigenvalue weighted by molar-refractivity contribution is 5.88. The Morgan fingerprint density at radius 2 is 2.33 bits per heavy atom. The zero-order chi connectivity index (χ0) is 9.14. The van der Waals surface area contributed by atoms with E-state index < -0.39 is 0 Å². The Labute approximate surface area is 70.8 Å². The minimum Gasteiger partial charge on any atom is -0.383 e. The van der Waals surface area contributed by atoms with Gasteiger partial charge in [-0.15, -0.1) is 0 Å². The van der Waals surface area contributed by atoms with E-state index in [4.69, 9.17) is 5.73 Å². The maximum Gasteiger partial charge on any atom is 0.221 e. The number of carbonyl (C=O) groups excluding carboxylic acids is 1. The molecule has 0 aliphatic carbocycles. The molecule has 12 heavy (non-hydrogen) atoms. The number of anilines is 2. The summed E-state index contributed by atoms with van der Waals surface area (Å²) in [5.41, 5.74) is 7.03. The Morgan fingerprint density at radius 3 is 2.83 bits per heavy atom. The third-order valence-electron chi connectivity index (χ3n) is 1.44. The predicted molar refractivity (Wildman–Crippen MR) is 47.7 cm³/mol. The molecule has 0 atom stereocenters. The summed E-state index contributed by atoms with van der Waals surface area (Å²) in [7, 11) is 0. The Kier molecular flexibility index (Phi) is 2.28. The molecule has 0 radical (unpaired) electrons. The molecule has 0 aliphatic heterocycles. The van der Waals surface area contributed by atoms with Crippen molar-refractivity contribution in [3.05, 3.63) is 17.8 Å². The fourth-order valence-electron chi connectivity index (χ4n) is 0.857. The molecular weight excluding hydrogens is 154 g/mol. The molecule has 3 N–H and O–H groups in total. The molecule has 0 aromatic carbocycles. The average molecular weight is 165 g/mol. The summed E-state index contributed by atoms with van der Waals surface area (Å²) in [6.07, 6.45) is 1.53. The van der Waals surface area contributed by atoms with Crippen LogP contribution in [-0.2, 0) is 4.79 Å². The van der Waals surface area contributed by atoms with Gasteiger partial charge in [-0.2, -0.15) is 0 Å². The fraction of sp³-hybridized carbons (Fsp3) is 0.250. The van der Waals surface area contributed by atoms with Crippen LogP contribution in [0.15, 0.2) is 12.3 Å². The van der Waals surface area contributed by atoms with Crippen molar-refractivity contribution in [2.24, 2.45) is 0 Å². The van der Waals surface area contributed by atoms with Gasteiger partial charge in [-0.1, -0.05) is 0 Å². The van der Waals surface area contributed by atoms with Gasteiger partial charge in [0.25, 0.3) is 0 Å². The monoisotopic (exact) mass is 165 g/mol. The van der Waals surface area contributed by atoms with E-state index in [2.05, 4.69) is 10.3 Å². The molecule has 0 unspecified atom stereocenters. The minimum absolute atomic E-state index is 0.110. The summed E-state index contributed by atoms with van der Waals surface area (Å²) in [6, 6.07) is 1.78. The lowest BCUT2D eigenvalue weighted by atomic mass is 10.2. The van der Waals surface area contributed by atoms with Gasteiger partial charge < -0.3 is 11.1 Å². The van der Waals surface area contributed by atoms with E-state index in [-0.39, 0.29) is 5.91 Å². The van der Waals surface area contributed by atoms with E-state index >= 15 is 0 Å². The molecule has 1 rings (SSSR count). The molecule has 0 fully saturated rings. The van der Waals surface area contributed by atoms with Gasteiger partial charge in [-0.25, -0.2) is 4.98 Å². The van der Waals surface area contributed by atoms with Crippen LogP contribution >= 0.6 is 0 Å². The van der Waals surface area contributed by atoms with Crippen molar-refractivity contribution in [1.82, 2.24) is 4.98 Å². The van der Waals surface area contributed by atoms with E-state index in [1.165, 1.54) is 13.1 Å². The Morgan fingerprint density at radius 1 is 1.67 bits per heavy atom. The summed E-state index contributed by atoms with van der Waals surface area (Å²) < 4.78 is 0. The lowest BCUT2D eigenvalue weighted by molar-refractivity contribution is -0.114. The molecule has 1 amide bonds. The van der Waals surface area contributed by atoms with Crippen LogP contribution < -0.4 is 11.1 Å². The molecule has 0 spiro atoms. The molecule has 0 aliphatic rings. The van der Waals surface area contributed by atoms with Gasteiger partial charge in [-0.3, -0.25) is 4.79 Å². The summed E-state index contributed by atoms with van der Waals surface area (Å²) in [6.45, 7) is 3.29. The van der Waals surface area contributed by atoms with Crippen molar-refractivity contribution in [2.75, 3.05) is 11.1 Å². The van der Waals surface area contributed by atoms with E-state index in [0.717, 1.165) is 5.56 Å². The van der Waals surface area contributed by atoms with Crippen molar-refractivity contribution < 1.29 is 4.79 Å². The number of aryl methyl sites for hydroxylation is 1. The molecule has 0 saturated carbocycles. The number of nitrogens with two attached hydrogens (primary N) is 1. The van der Waals surface area contributed by atoms with E-state index in [1.807, 2.05) is 6.92 Å². The van der Waals surface area contributed by atoms with E-state index in [0.29, 0.717) is 11.5 Å². The van der Waals surface area contributed by atoms with Crippen LogP contribution in [0.2, 0.25) is 0 Å². The first-order valence-electron chi connectivity index (χ1n) is 3.59. The molecule has 64 valence electrons. The third kappa shape index (κ3) is 1.95. The van der Waals surface area contributed by atoms with Crippen LogP contribution in [-0.4, -0.2) is 10.9 Å². The van der Waals surface area contributed by atoms with Crippen LogP contribution in [0, 0.1) is 6.92 Å². The molecular formula is C8H11N3O. The Balaban J connectivity index is 2.89. The maximum absolute atomic E-state index is 10.6. The van der Waals surface area contributed by atoms with Gasteiger partial charge in [-0.05, 0) is 18.6 Å². The second-order valence-corrected chi connectivity index (χ2v) is 2.61. The van der Waals surface area contributed by atoms with Crippen molar-refractivity contribution in [1.29, 1.82) is 0 Å². The van der Waals surface area contributed by atoms with E-state index in [1.54, 1.807) is 6.07 Å². The standard InChI is InChI=1S/C8H11N3O/c1-5-3-7(11-6(2)12)4-10-8(5)9/h3-4H,1-2H3,(H2,9,10)(H,11,12). The Hall–Kier alpha value is -1.58. The van der Waals surface area contributed by atoms with Crippen LogP contribution in [0.25, 0.3) is 0 Å². The smallest absolute Gasteiger partial charge is 0.221 e. The number of hydrogen-bond donors (Lipinski definition) is 2. The van der Waals surface area contributed by atoms with Crippen molar-refractivity contribution in [2.45, 2.75) is 13.8 Å². The number of nitrogens with zero attached hydrogens (tertiary/aromatic N) is 1. The van der Waals surface area contributed by atoms with Gasteiger partial charge in [0.05, 0.1) is 11.9 Å². The summed E-state index contributed by atoms with van der Waals surface area (Å²) in [5.74, 6) is 0.380. The Bertz CT molecular complexity index is 309. The summed E-state index contributed by atoms with van der Waals surface area (Å²) in [5, 5.41) is 2.62. The van der Waals surface area contributed by atoms with Gasteiger partial charge in [0.15, 0.2) is 0 Å². The van der Waals surface area contributed by atoms with Crippen molar-refractivity contribution in [3.8, 4) is 0 Å². The SMILES string of the molecule is CC(=O)Nc1cnc(N)c(C)c1. The quantitative estimate of drug-likeness (QED) is 0.650. The van der Waals surface area contributed by atoms with Crippen LogP contribution in [0.1, 0.15) is 12.5 Å². The van der Waals surface area contributed by atoms with Gasteiger partial charge >= 0.3 is 0 Å². The number of carbonyl (C=O) groups is 1. The normalized spacial score (nSPS) is 9.50. The number of amides is 1. The lowest BCUT2D eigenvalue weighted by Crippen LogP contribution is -2.06. The molecule has 0 bridgehead atoms. The molecule has 0 saturated heterocycles. The van der Waals surface area contributed by atoms with Crippen LogP contribution in [0.5, 0.6) is 0 Å². The van der Waals surface area contributed by atoms with Crippen molar-refractivity contribution in [3.63, 3.8) is 0 Å². The lowest BCUT2D eigenvalue weighted by Gasteiger charge is -2.03. The number of pyridine rings is 1. The highest BCUT2D eigenvalue weighted by Crippen LogP contribution is 2.12. The minimum atomic E-state index is -0.110.